The van der Waals surface area contributed by atoms with Crippen LogP contribution in [0.3, 0.4) is 0 Å². The van der Waals surface area contributed by atoms with Gasteiger partial charge in [0.05, 0.1) is 0 Å². The van der Waals surface area contributed by atoms with Gasteiger partial charge in [-0.25, -0.2) is 15.6 Å². The fourth-order valence-corrected chi connectivity index (χ4v) is 3.13. The minimum absolute atomic E-state index is 0.826. The van der Waals surface area contributed by atoms with Crippen LogP contribution in [0.4, 0.5) is 4.79 Å². The summed E-state index contributed by atoms with van der Waals surface area (Å²) in [6, 6.07) is 0. The summed E-state index contributed by atoms with van der Waals surface area (Å²) in [6.07, 6.45) is 22.3. The standard InChI is InChI=1S/C20H44N4O2/c1-2-3-4-5-6-7-8-9-10-11-12-13-14-15-16-17-18-19-21-23-24-22-20(25)26/h21-24H,2-19H2,1H3,(H,25,26). The van der Waals surface area contributed by atoms with Crippen molar-refractivity contribution >= 4 is 6.09 Å². The third-order valence-corrected chi connectivity index (χ3v) is 4.73. The lowest BCUT2D eigenvalue weighted by molar-refractivity contribution is 0.183. The topological polar surface area (TPSA) is 85.4 Å². The molecule has 0 aliphatic rings. The molecule has 0 unspecified atom stereocenters. The molecule has 6 heteroatoms. The third kappa shape index (κ3) is 23.1. The van der Waals surface area contributed by atoms with E-state index < -0.39 is 6.09 Å². The van der Waals surface area contributed by atoms with Crippen molar-refractivity contribution in [1.82, 2.24) is 21.9 Å². The molecular weight excluding hydrogens is 328 g/mol. The van der Waals surface area contributed by atoms with Crippen molar-refractivity contribution in [2.45, 2.75) is 116 Å². The van der Waals surface area contributed by atoms with Crippen molar-refractivity contribution in [2.75, 3.05) is 6.54 Å². The van der Waals surface area contributed by atoms with Crippen LogP contribution in [0, 0.1) is 0 Å². The van der Waals surface area contributed by atoms with E-state index in [1.165, 1.54) is 103 Å². The molecule has 0 aromatic heterocycles. The molecule has 1 amide bonds. The summed E-state index contributed by atoms with van der Waals surface area (Å²) in [5.41, 5.74) is 9.81. The third-order valence-electron chi connectivity index (χ3n) is 4.73. The fourth-order valence-electron chi connectivity index (χ4n) is 3.13. The van der Waals surface area contributed by atoms with E-state index in [4.69, 9.17) is 5.11 Å². The Morgan fingerprint density at radius 1 is 0.615 bits per heavy atom. The lowest BCUT2D eigenvalue weighted by atomic mass is 10.0. The van der Waals surface area contributed by atoms with Crippen molar-refractivity contribution in [3.63, 3.8) is 0 Å². The summed E-state index contributed by atoms with van der Waals surface area (Å²) in [5.74, 6) is 0. The normalized spacial score (nSPS) is 11.0. The molecule has 156 valence electrons. The van der Waals surface area contributed by atoms with Crippen LogP contribution in [0.2, 0.25) is 0 Å². The molecule has 0 rings (SSSR count). The molecule has 0 atom stereocenters. The quantitative estimate of drug-likeness (QED) is 0.137. The molecule has 0 saturated carbocycles. The van der Waals surface area contributed by atoms with Gasteiger partial charge in [-0.15, -0.1) is 0 Å². The predicted molar refractivity (Wildman–Crippen MR) is 110 cm³/mol. The Bertz CT molecular complexity index is 291. The van der Waals surface area contributed by atoms with Gasteiger partial charge in [0.2, 0.25) is 0 Å². The monoisotopic (exact) mass is 372 g/mol. The van der Waals surface area contributed by atoms with E-state index in [0.29, 0.717) is 0 Å². The molecule has 0 bridgehead atoms. The highest BCUT2D eigenvalue weighted by molar-refractivity contribution is 5.63. The number of hydrogen-bond donors (Lipinski definition) is 5. The molecule has 6 nitrogen and oxygen atoms in total. The fraction of sp³-hybridized carbons (Fsp3) is 0.950. The van der Waals surface area contributed by atoms with Gasteiger partial charge >= 0.3 is 6.09 Å². The lowest BCUT2D eigenvalue weighted by Gasteiger charge is -2.07. The largest absolute Gasteiger partial charge is 0.464 e. The minimum Gasteiger partial charge on any atom is -0.464 e. The SMILES string of the molecule is CCCCCCCCCCCCCCCCCCCNNNNC(=O)O. The maximum Gasteiger partial charge on any atom is 0.420 e. The Morgan fingerprint density at radius 2 is 1.00 bits per heavy atom. The zero-order valence-electron chi connectivity index (χ0n) is 17.1. The Balaban J connectivity index is 2.98. The molecule has 0 aromatic carbocycles. The minimum atomic E-state index is -1.11. The average Bonchev–Trinajstić information content (AvgIpc) is 2.62. The lowest BCUT2D eigenvalue weighted by Crippen LogP contribution is -2.52. The highest BCUT2D eigenvalue weighted by atomic mass is 16.4. The predicted octanol–water partition coefficient (Wildman–Crippen LogP) is 5.42. The van der Waals surface area contributed by atoms with Gasteiger partial charge in [0.15, 0.2) is 0 Å². The van der Waals surface area contributed by atoms with Crippen LogP contribution in [-0.2, 0) is 0 Å². The van der Waals surface area contributed by atoms with Crippen molar-refractivity contribution < 1.29 is 9.90 Å². The zero-order valence-corrected chi connectivity index (χ0v) is 17.1. The van der Waals surface area contributed by atoms with Gasteiger partial charge in [-0.1, -0.05) is 110 Å². The summed E-state index contributed by atoms with van der Waals surface area (Å²) in [6.45, 7) is 3.10. The summed E-state index contributed by atoms with van der Waals surface area (Å²) < 4.78 is 0. The highest BCUT2D eigenvalue weighted by Gasteiger charge is 1.95. The number of unbranched alkanes of at least 4 members (excludes halogenated alkanes) is 16. The van der Waals surface area contributed by atoms with E-state index >= 15 is 0 Å². The summed E-state index contributed by atoms with van der Waals surface area (Å²) in [7, 11) is 0. The Morgan fingerprint density at radius 3 is 1.38 bits per heavy atom. The number of carboxylic acid groups (broad SMARTS) is 1. The number of nitrogens with one attached hydrogen (secondary N) is 4. The second-order valence-corrected chi connectivity index (χ2v) is 7.26. The summed E-state index contributed by atoms with van der Waals surface area (Å²) in [4.78, 5) is 10.2. The van der Waals surface area contributed by atoms with E-state index in [2.05, 4.69) is 23.4 Å². The first-order valence-electron chi connectivity index (χ1n) is 11.0. The van der Waals surface area contributed by atoms with Crippen LogP contribution in [0.1, 0.15) is 116 Å². The maximum atomic E-state index is 10.2. The van der Waals surface area contributed by atoms with Crippen LogP contribution < -0.4 is 21.9 Å². The highest BCUT2D eigenvalue weighted by Crippen LogP contribution is 2.13. The molecule has 0 heterocycles. The molecule has 0 aliphatic carbocycles. The van der Waals surface area contributed by atoms with E-state index in [9.17, 15) is 4.79 Å². The van der Waals surface area contributed by atoms with Crippen molar-refractivity contribution in [3.8, 4) is 0 Å². The zero-order chi connectivity index (χ0) is 19.1. The number of carbonyl (C=O) groups is 1. The van der Waals surface area contributed by atoms with Crippen molar-refractivity contribution in [1.29, 1.82) is 0 Å². The molecule has 0 saturated heterocycles. The second kappa shape index (κ2) is 22.2. The summed E-state index contributed by atoms with van der Waals surface area (Å²) >= 11 is 0. The van der Waals surface area contributed by atoms with Gasteiger partial charge in [0, 0.05) is 6.54 Å². The van der Waals surface area contributed by atoms with Gasteiger partial charge in [0.1, 0.15) is 0 Å². The van der Waals surface area contributed by atoms with Crippen molar-refractivity contribution in [2.24, 2.45) is 0 Å². The van der Waals surface area contributed by atoms with Crippen LogP contribution in [-0.4, -0.2) is 17.7 Å². The van der Waals surface area contributed by atoms with Crippen LogP contribution >= 0.6 is 0 Å². The Kier molecular flexibility index (Phi) is 21.5. The smallest absolute Gasteiger partial charge is 0.420 e. The first kappa shape index (κ1) is 25.1. The first-order chi connectivity index (χ1) is 12.8. The Labute approximate surface area is 161 Å². The molecule has 26 heavy (non-hydrogen) atoms. The molecule has 0 radical (unpaired) electrons. The number of rotatable bonds is 21. The van der Waals surface area contributed by atoms with Gasteiger partial charge in [-0.2, -0.15) is 11.1 Å². The first-order valence-corrected chi connectivity index (χ1v) is 11.0. The molecule has 0 aromatic rings. The van der Waals surface area contributed by atoms with Crippen LogP contribution in [0.15, 0.2) is 0 Å². The van der Waals surface area contributed by atoms with Crippen LogP contribution in [0.5, 0.6) is 0 Å². The average molecular weight is 373 g/mol. The summed E-state index contributed by atoms with van der Waals surface area (Å²) in [5, 5.41) is 8.33. The Hall–Kier alpha value is -0.850. The molecule has 0 spiro atoms. The van der Waals surface area contributed by atoms with E-state index in [0.717, 1.165) is 13.0 Å². The van der Waals surface area contributed by atoms with Crippen LogP contribution in [0.25, 0.3) is 0 Å². The van der Waals surface area contributed by atoms with E-state index in [1.807, 2.05) is 5.43 Å². The van der Waals surface area contributed by atoms with E-state index in [-0.39, 0.29) is 0 Å². The maximum absolute atomic E-state index is 10.2. The molecular formula is C20H44N4O2. The second-order valence-electron chi connectivity index (χ2n) is 7.26. The number of hydrogen-bond acceptors (Lipinski definition) is 4. The number of hydrazine groups is 3. The molecule has 0 aliphatic heterocycles. The van der Waals surface area contributed by atoms with Crippen molar-refractivity contribution in [3.05, 3.63) is 0 Å². The van der Waals surface area contributed by atoms with Gasteiger partial charge in [-0.05, 0) is 6.42 Å². The van der Waals surface area contributed by atoms with E-state index in [1.54, 1.807) is 0 Å². The van der Waals surface area contributed by atoms with Gasteiger partial charge in [-0.3, -0.25) is 0 Å². The van der Waals surface area contributed by atoms with Gasteiger partial charge in [0.25, 0.3) is 0 Å². The number of amides is 1. The van der Waals surface area contributed by atoms with Gasteiger partial charge < -0.3 is 5.11 Å². The molecule has 5 N–H and O–H groups in total. The molecule has 0 fully saturated rings.